The van der Waals surface area contributed by atoms with Crippen molar-refractivity contribution in [2.45, 2.75) is 19.4 Å². The molecule has 1 unspecified atom stereocenters. The lowest BCUT2D eigenvalue weighted by atomic mass is 10.2. The van der Waals surface area contributed by atoms with Crippen molar-refractivity contribution >= 4 is 22.6 Å². The highest BCUT2D eigenvalue weighted by atomic mass is 35.5. The standard InChI is InChI=1S/C14H19ClFN3/c1-10(9-18(2)3)19-13-8-11(16)4-5-12(13)17-14(19)6-7-15/h4-5,8,10H,6-7,9H2,1-3H3. The number of aromatic nitrogens is 2. The van der Waals surface area contributed by atoms with Crippen LogP contribution in [0.25, 0.3) is 11.0 Å². The van der Waals surface area contributed by atoms with Crippen LogP contribution >= 0.6 is 11.6 Å². The van der Waals surface area contributed by atoms with Crippen molar-refractivity contribution in [3.63, 3.8) is 0 Å². The van der Waals surface area contributed by atoms with Gasteiger partial charge in [-0.1, -0.05) is 0 Å². The third-order valence-electron chi connectivity index (χ3n) is 3.11. The van der Waals surface area contributed by atoms with Crippen molar-refractivity contribution in [3.05, 3.63) is 29.8 Å². The summed E-state index contributed by atoms with van der Waals surface area (Å²) in [7, 11) is 4.05. The first-order valence-electron chi connectivity index (χ1n) is 6.40. The Morgan fingerprint density at radius 3 is 2.79 bits per heavy atom. The second kappa shape index (κ2) is 5.88. The van der Waals surface area contributed by atoms with E-state index in [1.807, 2.05) is 14.1 Å². The van der Waals surface area contributed by atoms with Gasteiger partial charge in [-0.05, 0) is 39.2 Å². The van der Waals surface area contributed by atoms with Crippen LogP contribution in [0.2, 0.25) is 0 Å². The van der Waals surface area contributed by atoms with Crippen LogP contribution in [0.15, 0.2) is 18.2 Å². The number of imidazole rings is 1. The van der Waals surface area contributed by atoms with Crippen LogP contribution in [0.4, 0.5) is 4.39 Å². The van der Waals surface area contributed by atoms with Crippen LogP contribution in [0.3, 0.4) is 0 Å². The molecule has 0 saturated carbocycles. The normalized spacial score (nSPS) is 13.4. The smallest absolute Gasteiger partial charge is 0.125 e. The summed E-state index contributed by atoms with van der Waals surface area (Å²) >= 11 is 5.84. The molecule has 1 atom stereocenters. The van der Waals surface area contributed by atoms with Gasteiger partial charge in [-0.3, -0.25) is 0 Å². The highest BCUT2D eigenvalue weighted by molar-refractivity contribution is 6.17. The molecule has 5 heteroatoms. The summed E-state index contributed by atoms with van der Waals surface area (Å²) in [6.45, 7) is 2.99. The average molecular weight is 284 g/mol. The second-order valence-corrected chi connectivity index (χ2v) is 5.46. The lowest BCUT2D eigenvalue weighted by molar-refractivity contribution is 0.337. The molecule has 2 aromatic rings. The molecule has 0 aliphatic rings. The molecule has 0 N–H and O–H groups in total. The van der Waals surface area contributed by atoms with Gasteiger partial charge in [-0.2, -0.15) is 0 Å². The van der Waals surface area contributed by atoms with Gasteiger partial charge in [0.2, 0.25) is 0 Å². The number of aryl methyl sites for hydroxylation is 1. The van der Waals surface area contributed by atoms with Gasteiger partial charge in [0.1, 0.15) is 11.6 Å². The summed E-state index contributed by atoms with van der Waals surface area (Å²) in [5.41, 5.74) is 1.67. The zero-order chi connectivity index (χ0) is 14.0. The van der Waals surface area contributed by atoms with Gasteiger partial charge in [-0.25, -0.2) is 9.37 Å². The van der Waals surface area contributed by atoms with Crippen LogP contribution in [-0.4, -0.2) is 41.0 Å². The fourth-order valence-electron chi connectivity index (χ4n) is 2.48. The van der Waals surface area contributed by atoms with E-state index >= 15 is 0 Å². The Kier molecular flexibility index (Phi) is 4.42. The Morgan fingerprint density at radius 2 is 2.16 bits per heavy atom. The number of likely N-dealkylation sites (N-methyl/N-ethyl adjacent to an activating group) is 1. The molecular formula is C14H19ClFN3. The predicted molar refractivity (Wildman–Crippen MR) is 77.4 cm³/mol. The van der Waals surface area contributed by atoms with E-state index in [1.165, 1.54) is 6.07 Å². The molecule has 3 nitrogen and oxygen atoms in total. The molecule has 104 valence electrons. The molecule has 0 radical (unpaired) electrons. The number of nitrogens with zero attached hydrogens (tertiary/aromatic N) is 3. The van der Waals surface area contributed by atoms with Crippen LogP contribution in [0.5, 0.6) is 0 Å². The van der Waals surface area contributed by atoms with Crippen molar-refractivity contribution < 1.29 is 4.39 Å². The van der Waals surface area contributed by atoms with Crippen molar-refractivity contribution in [2.24, 2.45) is 0 Å². The van der Waals surface area contributed by atoms with Crippen molar-refractivity contribution in [1.82, 2.24) is 14.5 Å². The highest BCUT2D eigenvalue weighted by Gasteiger charge is 2.16. The summed E-state index contributed by atoms with van der Waals surface area (Å²) < 4.78 is 15.6. The van der Waals surface area contributed by atoms with Gasteiger partial charge in [0, 0.05) is 24.9 Å². The number of alkyl halides is 1. The van der Waals surface area contributed by atoms with Crippen molar-refractivity contribution in [1.29, 1.82) is 0 Å². The maximum absolute atomic E-state index is 13.5. The second-order valence-electron chi connectivity index (χ2n) is 5.08. The number of hydrogen-bond donors (Lipinski definition) is 0. The van der Waals surface area contributed by atoms with Crippen molar-refractivity contribution in [2.75, 3.05) is 26.5 Å². The van der Waals surface area contributed by atoms with Crippen LogP contribution in [-0.2, 0) is 6.42 Å². The molecule has 19 heavy (non-hydrogen) atoms. The third-order valence-corrected chi connectivity index (χ3v) is 3.30. The summed E-state index contributed by atoms with van der Waals surface area (Å²) in [4.78, 5) is 6.68. The monoisotopic (exact) mass is 283 g/mol. The minimum Gasteiger partial charge on any atom is -0.324 e. The van der Waals surface area contributed by atoms with Gasteiger partial charge in [0.15, 0.2) is 0 Å². The molecule has 0 saturated heterocycles. The van der Waals surface area contributed by atoms with Gasteiger partial charge in [0.05, 0.1) is 11.0 Å². The van der Waals surface area contributed by atoms with Gasteiger partial charge in [0.25, 0.3) is 0 Å². The highest BCUT2D eigenvalue weighted by Crippen LogP contribution is 2.23. The first-order valence-corrected chi connectivity index (χ1v) is 6.93. The van der Waals surface area contributed by atoms with Gasteiger partial charge >= 0.3 is 0 Å². The molecule has 0 amide bonds. The molecule has 0 bridgehead atoms. The SMILES string of the molecule is CC(CN(C)C)n1c(CCCl)nc2ccc(F)cc21. The molecule has 2 rings (SSSR count). The van der Waals surface area contributed by atoms with E-state index in [1.54, 1.807) is 12.1 Å². The van der Waals surface area contributed by atoms with Crippen LogP contribution < -0.4 is 0 Å². The molecule has 1 aromatic heterocycles. The largest absolute Gasteiger partial charge is 0.324 e. The Morgan fingerprint density at radius 1 is 1.42 bits per heavy atom. The topological polar surface area (TPSA) is 21.1 Å². The van der Waals surface area contributed by atoms with E-state index in [4.69, 9.17) is 11.6 Å². The molecular weight excluding hydrogens is 265 g/mol. The fraction of sp³-hybridized carbons (Fsp3) is 0.500. The van der Waals surface area contributed by atoms with E-state index < -0.39 is 0 Å². The predicted octanol–water partition coefficient (Wildman–Crippen LogP) is 3.08. The molecule has 0 fully saturated rings. The number of fused-ring (bicyclic) bond motifs is 1. The minimum absolute atomic E-state index is 0.222. The van der Waals surface area contributed by atoms with E-state index in [2.05, 4.69) is 21.4 Å². The Labute approximate surface area is 118 Å². The first kappa shape index (κ1) is 14.3. The van der Waals surface area contributed by atoms with Crippen molar-refractivity contribution in [3.8, 4) is 0 Å². The van der Waals surface area contributed by atoms with E-state index in [9.17, 15) is 4.39 Å². The maximum atomic E-state index is 13.5. The number of hydrogen-bond acceptors (Lipinski definition) is 2. The first-order chi connectivity index (χ1) is 9.02. The number of rotatable bonds is 5. The Balaban J connectivity index is 2.52. The van der Waals surface area contributed by atoms with E-state index in [-0.39, 0.29) is 11.9 Å². The molecule has 1 heterocycles. The summed E-state index contributed by atoms with van der Waals surface area (Å²) in [6.07, 6.45) is 0.690. The van der Waals surface area contributed by atoms with Crippen LogP contribution in [0.1, 0.15) is 18.8 Å². The summed E-state index contributed by atoms with van der Waals surface area (Å²) in [5.74, 6) is 1.20. The lowest BCUT2D eigenvalue weighted by Crippen LogP contribution is -2.23. The van der Waals surface area contributed by atoms with Gasteiger partial charge < -0.3 is 9.47 Å². The van der Waals surface area contributed by atoms with E-state index in [0.29, 0.717) is 12.3 Å². The number of benzene rings is 1. The summed E-state index contributed by atoms with van der Waals surface area (Å²) in [6, 6.07) is 4.94. The Bertz CT molecular complexity index is 565. The lowest BCUT2D eigenvalue weighted by Gasteiger charge is -2.21. The molecule has 0 aliphatic heterocycles. The number of halogens is 2. The Hall–Kier alpha value is -1.13. The molecule has 0 spiro atoms. The minimum atomic E-state index is -0.233. The fourth-order valence-corrected chi connectivity index (χ4v) is 2.65. The van der Waals surface area contributed by atoms with E-state index in [0.717, 1.165) is 23.4 Å². The maximum Gasteiger partial charge on any atom is 0.125 e. The average Bonchev–Trinajstić information content (AvgIpc) is 2.65. The third kappa shape index (κ3) is 3.07. The zero-order valence-corrected chi connectivity index (χ0v) is 12.3. The zero-order valence-electron chi connectivity index (χ0n) is 11.5. The molecule has 0 aliphatic carbocycles. The molecule has 1 aromatic carbocycles. The quantitative estimate of drug-likeness (QED) is 0.787. The summed E-state index contributed by atoms with van der Waals surface area (Å²) in [5, 5.41) is 0. The van der Waals surface area contributed by atoms with Gasteiger partial charge in [-0.15, -0.1) is 11.6 Å². The van der Waals surface area contributed by atoms with Crippen LogP contribution in [0, 0.1) is 5.82 Å².